The number of nitrogens with zero attached hydrogens (tertiary/aromatic N) is 2. The fourth-order valence-electron chi connectivity index (χ4n) is 0.721. The molecule has 1 aromatic rings. The molecule has 0 aromatic carbocycles. The van der Waals surface area contributed by atoms with Gasteiger partial charge < -0.3 is 0 Å². The van der Waals surface area contributed by atoms with E-state index in [1.54, 1.807) is 6.92 Å². The highest BCUT2D eigenvalue weighted by atomic mass is 32.1. The number of aromatic nitrogens is 2. The molecule has 60 valence electrons. The summed E-state index contributed by atoms with van der Waals surface area (Å²) in [6, 6.07) is 0. The Morgan fingerprint density at radius 2 is 2.36 bits per heavy atom. The lowest BCUT2D eigenvalue weighted by Crippen LogP contribution is -2.18. The van der Waals surface area contributed by atoms with Gasteiger partial charge in [-0.1, -0.05) is 11.3 Å². The van der Waals surface area contributed by atoms with Gasteiger partial charge in [-0.15, -0.1) is 0 Å². The molecule has 0 bridgehead atoms. The maximum Gasteiger partial charge on any atom is 0.325 e. The number of carbonyl (C=O) groups excluding carboxylic acids is 1. The molecule has 0 atom stereocenters. The lowest BCUT2D eigenvalue weighted by Gasteiger charge is -1.91. The van der Waals surface area contributed by atoms with E-state index in [4.69, 9.17) is 0 Å². The van der Waals surface area contributed by atoms with Gasteiger partial charge in [-0.3, -0.25) is 9.59 Å². The van der Waals surface area contributed by atoms with Gasteiger partial charge in [0.25, 0.3) is 0 Å². The molecule has 0 N–H and O–H groups in total. The van der Waals surface area contributed by atoms with Crippen LogP contribution >= 0.6 is 11.3 Å². The average molecular weight is 172 g/mol. The fraction of sp³-hybridized carbons (Fsp3) is 0.500. The maximum atomic E-state index is 10.9. The molecule has 1 rings (SSSR count). The average Bonchev–Trinajstić information content (AvgIpc) is 2.09. The Morgan fingerprint density at radius 3 is 2.73 bits per heavy atom. The van der Waals surface area contributed by atoms with Crippen LogP contribution in [0.5, 0.6) is 0 Å². The molecule has 0 aliphatic rings. The number of Topliss-reactive ketones (excluding diaryl/α,β-unsaturated/α-hetero) is 1. The molecule has 1 heterocycles. The van der Waals surface area contributed by atoms with Gasteiger partial charge in [0.2, 0.25) is 0 Å². The number of carbonyl (C=O) groups is 1. The zero-order chi connectivity index (χ0) is 8.43. The van der Waals surface area contributed by atoms with Gasteiger partial charge in [0.15, 0.2) is 5.78 Å². The molecule has 0 amide bonds. The predicted octanol–water partition coefficient (Wildman–Crippen LogP) is 0.202. The Hall–Kier alpha value is -0.970. The lowest BCUT2D eigenvalue weighted by atomic mass is 10.5. The van der Waals surface area contributed by atoms with Crippen LogP contribution in [0.25, 0.3) is 0 Å². The number of ketones is 1. The van der Waals surface area contributed by atoms with Crippen molar-refractivity contribution in [3.05, 3.63) is 14.7 Å². The van der Waals surface area contributed by atoms with Crippen LogP contribution < -0.4 is 4.87 Å². The number of hydrogen-bond acceptors (Lipinski definition) is 4. The number of hydrogen-bond donors (Lipinski definition) is 0. The normalized spacial score (nSPS) is 10.0. The third-order valence-electron chi connectivity index (χ3n) is 1.08. The van der Waals surface area contributed by atoms with Gasteiger partial charge in [-0.2, -0.15) is 5.10 Å². The Balaban J connectivity index is 2.95. The van der Waals surface area contributed by atoms with Crippen LogP contribution in [0.4, 0.5) is 0 Å². The second-order valence-electron chi connectivity index (χ2n) is 2.25. The summed E-state index contributed by atoms with van der Waals surface area (Å²) < 4.78 is 1.18. The van der Waals surface area contributed by atoms with Crippen LogP contribution in [0.3, 0.4) is 0 Å². The molecule has 5 heteroatoms. The number of rotatable bonds is 2. The molecule has 0 saturated heterocycles. The zero-order valence-electron chi connectivity index (χ0n) is 6.33. The molecule has 0 aliphatic heterocycles. The minimum absolute atomic E-state index is 0.0580. The van der Waals surface area contributed by atoms with Crippen molar-refractivity contribution in [1.82, 2.24) is 9.78 Å². The van der Waals surface area contributed by atoms with Crippen LogP contribution in [0.1, 0.15) is 11.9 Å². The summed E-state index contributed by atoms with van der Waals surface area (Å²) in [5, 5.41) is 4.54. The maximum absolute atomic E-state index is 10.9. The van der Waals surface area contributed by atoms with E-state index in [0.717, 1.165) is 11.3 Å². The van der Waals surface area contributed by atoms with Gasteiger partial charge >= 0.3 is 4.87 Å². The van der Waals surface area contributed by atoms with Crippen LogP contribution in [-0.2, 0) is 11.3 Å². The summed E-state index contributed by atoms with van der Waals surface area (Å²) >= 11 is 1.06. The summed E-state index contributed by atoms with van der Waals surface area (Å²) in [7, 11) is 0. The first kappa shape index (κ1) is 8.13. The van der Waals surface area contributed by atoms with Crippen molar-refractivity contribution in [2.24, 2.45) is 0 Å². The van der Waals surface area contributed by atoms with Crippen molar-refractivity contribution in [2.75, 3.05) is 0 Å². The minimum Gasteiger partial charge on any atom is -0.298 e. The van der Waals surface area contributed by atoms with E-state index in [2.05, 4.69) is 5.10 Å². The Morgan fingerprint density at radius 1 is 1.73 bits per heavy atom. The topological polar surface area (TPSA) is 52.0 Å². The molecule has 1 aromatic heterocycles. The first-order chi connectivity index (χ1) is 5.09. The summed E-state index contributed by atoms with van der Waals surface area (Å²) in [5.41, 5.74) is 0. The standard InChI is InChI=1S/C6H8N2O2S/c1-4(9)3-8-6(10)11-5(2)7-8/h3H2,1-2H3. The highest BCUT2D eigenvalue weighted by molar-refractivity contribution is 7.08. The third kappa shape index (κ3) is 1.98. The molecule has 0 aliphatic carbocycles. The SMILES string of the molecule is CC(=O)Cn1nc(C)sc1=O. The predicted molar refractivity (Wildman–Crippen MR) is 41.8 cm³/mol. The molecule has 0 unspecified atom stereocenters. The second kappa shape index (κ2) is 2.96. The first-order valence-corrected chi connectivity index (χ1v) is 3.95. The molecule has 0 saturated carbocycles. The van der Waals surface area contributed by atoms with Gasteiger partial charge in [-0.25, -0.2) is 4.68 Å². The van der Waals surface area contributed by atoms with E-state index in [0.29, 0.717) is 5.01 Å². The Kier molecular flexibility index (Phi) is 2.19. The highest BCUT2D eigenvalue weighted by Crippen LogP contribution is 1.94. The lowest BCUT2D eigenvalue weighted by molar-refractivity contribution is -0.117. The van der Waals surface area contributed by atoms with Gasteiger partial charge in [-0.05, 0) is 13.8 Å². The minimum atomic E-state index is -0.169. The largest absolute Gasteiger partial charge is 0.325 e. The Labute approximate surface area is 67.5 Å². The van der Waals surface area contributed by atoms with Gasteiger partial charge in [0.05, 0.1) is 0 Å². The monoisotopic (exact) mass is 172 g/mol. The molecular formula is C6H8N2O2S. The van der Waals surface area contributed by atoms with Gasteiger partial charge in [0, 0.05) is 0 Å². The molecule has 4 nitrogen and oxygen atoms in total. The fourth-order valence-corrected chi connectivity index (χ4v) is 1.32. The second-order valence-corrected chi connectivity index (χ2v) is 3.39. The summed E-state index contributed by atoms with van der Waals surface area (Å²) in [4.78, 5) is 21.4. The van der Waals surface area contributed by atoms with Crippen LogP contribution in [0, 0.1) is 6.92 Å². The summed E-state index contributed by atoms with van der Waals surface area (Å²) in [5.74, 6) is -0.0580. The molecular weight excluding hydrogens is 164 g/mol. The smallest absolute Gasteiger partial charge is 0.298 e. The van der Waals surface area contributed by atoms with Crippen molar-refractivity contribution in [1.29, 1.82) is 0 Å². The van der Waals surface area contributed by atoms with Crippen molar-refractivity contribution < 1.29 is 4.79 Å². The van der Waals surface area contributed by atoms with E-state index in [9.17, 15) is 9.59 Å². The van der Waals surface area contributed by atoms with Crippen molar-refractivity contribution in [2.45, 2.75) is 20.4 Å². The highest BCUT2D eigenvalue weighted by Gasteiger charge is 2.03. The van der Waals surface area contributed by atoms with Crippen LogP contribution in [0.15, 0.2) is 4.79 Å². The third-order valence-corrected chi connectivity index (χ3v) is 1.84. The quantitative estimate of drug-likeness (QED) is 0.640. The zero-order valence-corrected chi connectivity index (χ0v) is 7.14. The number of aryl methyl sites for hydroxylation is 1. The van der Waals surface area contributed by atoms with Crippen LogP contribution in [-0.4, -0.2) is 15.6 Å². The summed E-state index contributed by atoms with van der Waals surface area (Å²) in [6.07, 6.45) is 0. The van der Waals surface area contributed by atoms with Crippen molar-refractivity contribution in [3.8, 4) is 0 Å². The van der Waals surface area contributed by atoms with Gasteiger partial charge in [0.1, 0.15) is 11.6 Å². The van der Waals surface area contributed by atoms with E-state index in [-0.39, 0.29) is 17.2 Å². The Bertz CT molecular complexity index is 326. The van der Waals surface area contributed by atoms with Crippen molar-refractivity contribution in [3.63, 3.8) is 0 Å². The first-order valence-electron chi connectivity index (χ1n) is 3.13. The molecule has 11 heavy (non-hydrogen) atoms. The van der Waals surface area contributed by atoms with E-state index in [1.165, 1.54) is 11.6 Å². The van der Waals surface area contributed by atoms with Crippen molar-refractivity contribution >= 4 is 17.1 Å². The summed E-state index contributed by atoms with van der Waals surface area (Å²) in [6.45, 7) is 3.26. The molecule has 0 spiro atoms. The molecule has 0 radical (unpaired) electrons. The van der Waals surface area contributed by atoms with E-state index in [1.807, 2.05) is 0 Å². The van der Waals surface area contributed by atoms with E-state index < -0.39 is 0 Å². The molecule has 0 fully saturated rings. The van der Waals surface area contributed by atoms with E-state index >= 15 is 0 Å². The van der Waals surface area contributed by atoms with Crippen LogP contribution in [0.2, 0.25) is 0 Å².